The molecule has 0 fully saturated rings. The number of hydrogen-bond donors (Lipinski definition) is 0. The van der Waals surface area contributed by atoms with E-state index in [9.17, 15) is 4.79 Å². The second-order valence-electron chi connectivity index (χ2n) is 2.99. The molecule has 0 amide bonds. The van der Waals surface area contributed by atoms with E-state index >= 15 is 0 Å². The van der Waals surface area contributed by atoms with Crippen LogP contribution < -0.4 is 0 Å². The second kappa shape index (κ2) is 5.76. The van der Waals surface area contributed by atoms with Gasteiger partial charge >= 0.3 is 0 Å². The molecule has 1 nitrogen and oxygen atoms in total. The normalized spacial score (nSPS) is 12.4. The predicted octanol–water partition coefficient (Wildman–Crippen LogP) is 2.99. The number of aldehydes is 1. The Kier molecular flexibility index (Phi) is 4.55. The average molecular weight is 197 g/mol. The molecule has 0 aliphatic rings. The zero-order valence-corrected chi connectivity index (χ0v) is 8.20. The van der Waals surface area contributed by atoms with E-state index in [1.807, 2.05) is 30.3 Å². The van der Waals surface area contributed by atoms with Crippen LogP contribution in [0.15, 0.2) is 30.3 Å². The standard InChI is InChI=1S/C11H13ClO/c12-8-6-11(7-9-13)10-4-2-1-3-5-10/h1-5,9,11H,6-8H2. The maximum atomic E-state index is 10.4. The van der Waals surface area contributed by atoms with Gasteiger partial charge in [-0.1, -0.05) is 30.3 Å². The van der Waals surface area contributed by atoms with Crippen LogP contribution in [0.1, 0.15) is 24.3 Å². The van der Waals surface area contributed by atoms with E-state index in [0.29, 0.717) is 12.3 Å². The van der Waals surface area contributed by atoms with Gasteiger partial charge in [0.05, 0.1) is 0 Å². The summed E-state index contributed by atoms with van der Waals surface area (Å²) in [6.45, 7) is 0. The number of alkyl halides is 1. The number of hydrogen-bond acceptors (Lipinski definition) is 1. The first-order chi connectivity index (χ1) is 6.38. The van der Waals surface area contributed by atoms with Crippen molar-refractivity contribution in [2.45, 2.75) is 18.8 Å². The molecule has 0 aromatic heterocycles. The maximum Gasteiger partial charge on any atom is 0.120 e. The van der Waals surface area contributed by atoms with Gasteiger partial charge < -0.3 is 4.79 Å². The smallest absolute Gasteiger partial charge is 0.120 e. The third kappa shape index (κ3) is 3.19. The molecule has 70 valence electrons. The fourth-order valence-corrected chi connectivity index (χ4v) is 1.66. The van der Waals surface area contributed by atoms with Crippen LogP contribution in [0, 0.1) is 0 Å². The number of rotatable bonds is 5. The minimum absolute atomic E-state index is 0.288. The molecule has 0 heterocycles. The molecule has 0 saturated heterocycles. The van der Waals surface area contributed by atoms with Crippen molar-refractivity contribution in [3.63, 3.8) is 0 Å². The molecular formula is C11H13ClO. The first-order valence-corrected chi connectivity index (χ1v) is 4.96. The van der Waals surface area contributed by atoms with Gasteiger partial charge in [-0.05, 0) is 17.9 Å². The summed E-state index contributed by atoms with van der Waals surface area (Å²) in [4.78, 5) is 10.4. The Labute approximate surface area is 83.7 Å². The van der Waals surface area contributed by atoms with Gasteiger partial charge in [-0.25, -0.2) is 0 Å². The van der Waals surface area contributed by atoms with Crippen LogP contribution in [0.3, 0.4) is 0 Å². The fourth-order valence-electron chi connectivity index (χ4n) is 1.39. The van der Waals surface area contributed by atoms with Crippen LogP contribution >= 0.6 is 11.6 Å². The number of benzene rings is 1. The molecular weight excluding hydrogens is 184 g/mol. The summed E-state index contributed by atoms with van der Waals surface area (Å²) in [5.74, 6) is 0.893. The quantitative estimate of drug-likeness (QED) is 0.523. The van der Waals surface area contributed by atoms with Crippen LogP contribution in [0.4, 0.5) is 0 Å². The molecule has 0 radical (unpaired) electrons. The van der Waals surface area contributed by atoms with Crippen LogP contribution in [-0.2, 0) is 4.79 Å². The molecule has 1 rings (SSSR count). The van der Waals surface area contributed by atoms with E-state index in [2.05, 4.69) is 0 Å². The third-order valence-corrected chi connectivity index (χ3v) is 2.33. The van der Waals surface area contributed by atoms with Gasteiger partial charge in [0.2, 0.25) is 0 Å². The van der Waals surface area contributed by atoms with Crippen LogP contribution in [-0.4, -0.2) is 12.2 Å². The molecule has 0 aliphatic heterocycles. The zero-order valence-electron chi connectivity index (χ0n) is 7.45. The van der Waals surface area contributed by atoms with E-state index in [4.69, 9.17) is 11.6 Å². The monoisotopic (exact) mass is 196 g/mol. The second-order valence-corrected chi connectivity index (χ2v) is 3.37. The zero-order chi connectivity index (χ0) is 9.52. The van der Waals surface area contributed by atoms with Gasteiger partial charge in [-0.15, -0.1) is 11.6 Å². The molecule has 2 heteroatoms. The van der Waals surface area contributed by atoms with Gasteiger partial charge in [0, 0.05) is 12.3 Å². The van der Waals surface area contributed by atoms with Crippen molar-refractivity contribution in [1.82, 2.24) is 0 Å². The lowest BCUT2D eigenvalue weighted by Gasteiger charge is -2.12. The summed E-state index contributed by atoms with van der Waals surface area (Å²) in [6.07, 6.45) is 2.39. The Morgan fingerprint density at radius 1 is 1.31 bits per heavy atom. The fraction of sp³-hybridized carbons (Fsp3) is 0.364. The number of carbonyl (C=O) groups is 1. The highest BCUT2D eigenvalue weighted by atomic mass is 35.5. The summed E-state index contributed by atoms with van der Waals surface area (Å²) < 4.78 is 0. The Hall–Kier alpha value is -0.820. The molecule has 1 aromatic carbocycles. The molecule has 1 unspecified atom stereocenters. The first-order valence-electron chi connectivity index (χ1n) is 4.43. The maximum absolute atomic E-state index is 10.4. The van der Waals surface area contributed by atoms with E-state index in [0.717, 1.165) is 12.7 Å². The van der Waals surface area contributed by atoms with Gasteiger partial charge in [-0.2, -0.15) is 0 Å². The van der Waals surface area contributed by atoms with Crippen molar-refractivity contribution in [1.29, 1.82) is 0 Å². The third-order valence-electron chi connectivity index (χ3n) is 2.11. The Bertz CT molecular complexity index is 246. The molecule has 0 saturated carbocycles. The van der Waals surface area contributed by atoms with E-state index in [1.165, 1.54) is 5.56 Å². The van der Waals surface area contributed by atoms with E-state index < -0.39 is 0 Å². The van der Waals surface area contributed by atoms with Crippen molar-refractivity contribution >= 4 is 17.9 Å². The van der Waals surface area contributed by atoms with E-state index in [-0.39, 0.29) is 5.92 Å². The lowest BCUT2D eigenvalue weighted by molar-refractivity contribution is -0.108. The number of halogens is 1. The van der Waals surface area contributed by atoms with Crippen molar-refractivity contribution in [3.8, 4) is 0 Å². The molecule has 0 N–H and O–H groups in total. The van der Waals surface area contributed by atoms with Crippen LogP contribution in [0.2, 0.25) is 0 Å². The van der Waals surface area contributed by atoms with Gasteiger partial charge in [0.1, 0.15) is 6.29 Å². The number of carbonyl (C=O) groups excluding carboxylic acids is 1. The summed E-state index contributed by atoms with van der Waals surface area (Å²) in [7, 11) is 0. The summed E-state index contributed by atoms with van der Waals surface area (Å²) in [5, 5.41) is 0. The molecule has 0 aliphatic carbocycles. The lowest BCUT2D eigenvalue weighted by Crippen LogP contribution is -2.00. The average Bonchev–Trinajstić information content (AvgIpc) is 2.19. The lowest BCUT2D eigenvalue weighted by atomic mass is 9.94. The van der Waals surface area contributed by atoms with E-state index in [1.54, 1.807) is 0 Å². The van der Waals surface area contributed by atoms with Crippen molar-refractivity contribution in [3.05, 3.63) is 35.9 Å². The topological polar surface area (TPSA) is 17.1 Å². The van der Waals surface area contributed by atoms with Crippen LogP contribution in [0.25, 0.3) is 0 Å². The first kappa shape index (κ1) is 10.3. The highest BCUT2D eigenvalue weighted by molar-refractivity contribution is 6.17. The molecule has 1 atom stereocenters. The van der Waals surface area contributed by atoms with Gasteiger partial charge in [-0.3, -0.25) is 0 Å². The molecule has 1 aromatic rings. The SMILES string of the molecule is O=CCC(CCCl)c1ccccc1. The summed E-state index contributed by atoms with van der Waals surface area (Å²) in [6, 6.07) is 10.0. The predicted molar refractivity (Wildman–Crippen MR) is 55.2 cm³/mol. The largest absolute Gasteiger partial charge is 0.303 e. The van der Waals surface area contributed by atoms with Crippen molar-refractivity contribution < 1.29 is 4.79 Å². The summed E-state index contributed by atoms with van der Waals surface area (Å²) >= 11 is 5.67. The minimum atomic E-state index is 0.288. The minimum Gasteiger partial charge on any atom is -0.303 e. The van der Waals surface area contributed by atoms with Crippen molar-refractivity contribution in [2.75, 3.05) is 5.88 Å². The molecule has 0 spiro atoms. The Morgan fingerprint density at radius 2 is 2.00 bits per heavy atom. The molecule has 13 heavy (non-hydrogen) atoms. The van der Waals surface area contributed by atoms with Gasteiger partial charge in [0.15, 0.2) is 0 Å². The molecule has 0 bridgehead atoms. The highest BCUT2D eigenvalue weighted by Crippen LogP contribution is 2.22. The Morgan fingerprint density at radius 3 is 2.54 bits per heavy atom. The van der Waals surface area contributed by atoms with Gasteiger partial charge in [0.25, 0.3) is 0 Å². The van der Waals surface area contributed by atoms with Crippen molar-refractivity contribution in [2.24, 2.45) is 0 Å². The highest BCUT2D eigenvalue weighted by Gasteiger charge is 2.09. The van der Waals surface area contributed by atoms with Crippen LogP contribution in [0.5, 0.6) is 0 Å². The Balaban J connectivity index is 2.69. The summed E-state index contributed by atoms with van der Waals surface area (Å²) in [5.41, 5.74) is 1.20.